The number of benzene rings is 1. The number of carbonyl (C=O) groups excluding carboxylic acids is 1. The summed E-state index contributed by atoms with van der Waals surface area (Å²) in [6.07, 6.45) is 2.13. The number of aryl methyl sites for hydroxylation is 2. The quantitative estimate of drug-likeness (QED) is 0.809. The Labute approximate surface area is 134 Å². The van der Waals surface area contributed by atoms with Crippen molar-refractivity contribution in [1.29, 1.82) is 0 Å². The number of carbonyl (C=O) groups is 1. The zero-order valence-electron chi connectivity index (χ0n) is 13.2. The maximum absolute atomic E-state index is 12.7. The second-order valence-electron chi connectivity index (χ2n) is 6.08. The highest BCUT2D eigenvalue weighted by Gasteiger charge is 2.26. The van der Waals surface area contributed by atoms with E-state index in [2.05, 4.69) is 10.4 Å². The zero-order valence-corrected chi connectivity index (χ0v) is 13.2. The number of pyridine rings is 1. The van der Waals surface area contributed by atoms with Crippen LogP contribution in [0.4, 0.5) is 0 Å². The van der Waals surface area contributed by atoms with Gasteiger partial charge in [0.05, 0.1) is 22.3 Å². The molecule has 0 bridgehead atoms. The van der Waals surface area contributed by atoms with E-state index >= 15 is 0 Å². The van der Waals surface area contributed by atoms with Gasteiger partial charge in [0, 0.05) is 18.7 Å². The van der Waals surface area contributed by atoms with Crippen LogP contribution in [-0.2, 0) is 7.05 Å². The van der Waals surface area contributed by atoms with Crippen molar-refractivity contribution in [2.45, 2.75) is 25.8 Å². The van der Waals surface area contributed by atoms with E-state index in [0.29, 0.717) is 11.6 Å². The Balaban J connectivity index is 1.92. The van der Waals surface area contributed by atoms with Crippen LogP contribution < -0.4 is 5.32 Å². The highest BCUT2D eigenvalue weighted by molar-refractivity contribution is 6.07. The minimum atomic E-state index is -0.0341. The molecule has 0 spiro atoms. The molecule has 23 heavy (non-hydrogen) atoms. The van der Waals surface area contributed by atoms with Crippen LogP contribution in [-0.4, -0.2) is 26.7 Å². The molecule has 116 valence electrons. The Morgan fingerprint density at radius 3 is 2.70 bits per heavy atom. The Bertz CT molecular complexity index is 894. The van der Waals surface area contributed by atoms with E-state index in [1.165, 1.54) is 0 Å². The molecule has 5 nitrogen and oxygen atoms in total. The van der Waals surface area contributed by atoms with Gasteiger partial charge in [-0.15, -0.1) is 0 Å². The summed E-state index contributed by atoms with van der Waals surface area (Å²) in [5.74, 6) is -0.0341. The van der Waals surface area contributed by atoms with Gasteiger partial charge < -0.3 is 5.32 Å². The van der Waals surface area contributed by atoms with Crippen LogP contribution in [0.5, 0.6) is 0 Å². The molecule has 1 N–H and O–H groups in total. The second kappa shape index (κ2) is 5.19. The molecular weight excluding hydrogens is 288 g/mol. The summed E-state index contributed by atoms with van der Waals surface area (Å²) in [5, 5.41) is 8.35. The summed E-state index contributed by atoms with van der Waals surface area (Å²) in [6.45, 7) is 1.92. The van der Waals surface area contributed by atoms with Crippen molar-refractivity contribution in [3.8, 4) is 11.3 Å². The molecule has 2 aromatic heterocycles. The van der Waals surface area contributed by atoms with Crippen LogP contribution in [0.1, 0.15) is 28.9 Å². The van der Waals surface area contributed by atoms with Crippen LogP contribution in [0.25, 0.3) is 22.3 Å². The van der Waals surface area contributed by atoms with Crippen LogP contribution in [0.2, 0.25) is 0 Å². The van der Waals surface area contributed by atoms with Crippen molar-refractivity contribution in [1.82, 2.24) is 20.1 Å². The molecule has 0 aliphatic heterocycles. The first-order valence-corrected chi connectivity index (χ1v) is 7.84. The topological polar surface area (TPSA) is 59.8 Å². The van der Waals surface area contributed by atoms with E-state index in [0.717, 1.165) is 40.8 Å². The van der Waals surface area contributed by atoms with Gasteiger partial charge in [-0.2, -0.15) is 5.10 Å². The molecule has 1 amide bonds. The Morgan fingerprint density at radius 1 is 1.26 bits per heavy atom. The highest BCUT2D eigenvalue weighted by atomic mass is 16.1. The molecule has 1 aliphatic carbocycles. The minimum Gasteiger partial charge on any atom is -0.349 e. The maximum Gasteiger partial charge on any atom is 0.252 e. The van der Waals surface area contributed by atoms with Crippen LogP contribution in [0.15, 0.2) is 36.4 Å². The molecule has 0 unspecified atom stereocenters. The molecule has 0 saturated heterocycles. The number of rotatable bonds is 3. The molecule has 1 saturated carbocycles. The fourth-order valence-corrected chi connectivity index (χ4v) is 2.87. The third-order valence-electron chi connectivity index (χ3n) is 4.20. The van der Waals surface area contributed by atoms with E-state index in [-0.39, 0.29) is 5.91 Å². The predicted octanol–water partition coefficient (Wildman–Crippen LogP) is 2.84. The zero-order chi connectivity index (χ0) is 16.0. The number of amides is 1. The first-order chi connectivity index (χ1) is 11.1. The van der Waals surface area contributed by atoms with E-state index < -0.39 is 0 Å². The summed E-state index contributed by atoms with van der Waals surface area (Å²) < 4.78 is 1.74. The third kappa shape index (κ3) is 2.48. The van der Waals surface area contributed by atoms with Gasteiger partial charge in [0.1, 0.15) is 0 Å². The third-order valence-corrected chi connectivity index (χ3v) is 4.20. The lowest BCUT2D eigenvalue weighted by molar-refractivity contribution is 0.0952. The number of nitrogens with one attached hydrogen (secondary N) is 1. The van der Waals surface area contributed by atoms with Crippen molar-refractivity contribution in [2.75, 3.05) is 0 Å². The molecule has 2 heterocycles. The predicted molar refractivity (Wildman–Crippen MR) is 89.2 cm³/mol. The standard InChI is InChI=1S/C18H18N4O/c1-11-16-14(18(23)19-13-8-9-13)10-15(12-6-4-3-5-7-12)20-17(16)22(2)21-11/h3-7,10,13H,8-9H2,1-2H3,(H,19,23). The van der Waals surface area contributed by atoms with E-state index in [1.807, 2.05) is 50.4 Å². The smallest absolute Gasteiger partial charge is 0.252 e. The largest absolute Gasteiger partial charge is 0.349 e. The summed E-state index contributed by atoms with van der Waals surface area (Å²) in [7, 11) is 1.86. The number of hydrogen-bond donors (Lipinski definition) is 1. The molecule has 1 aromatic carbocycles. The van der Waals surface area contributed by atoms with Crippen LogP contribution in [0, 0.1) is 6.92 Å². The molecule has 1 fully saturated rings. The lowest BCUT2D eigenvalue weighted by atomic mass is 10.0. The van der Waals surface area contributed by atoms with E-state index in [1.54, 1.807) is 4.68 Å². The molecule has 4 rings (SSSR count). The van der Waals surface area contributed by atoms with Gasteiger partial charge in [0.15, 0.2) is 5.65 Å². The van der Waals surface area contributed by atoms with Crippen molar-refractivity contribution in [3.05, 3.63) is 47.7 Å². The summed E-state index contributed by atoms with van der Waals surface area (Å²) in [5.41, 5.74) is 4.02. The van der Waals surface area contributed by atoms with Gasteiger partial charge in [-0.25, -0.2) is 4.98 Å². The fraction of sp³-hybridized carbons (Fsp3) is 0.278. The number of hydrogen-bond acceptors (Lipinski definition) is 3. The molecule has 5 heteroatoms. The lowest BCUT2D eigenvalue weighted by Crippen LogP contribution is -2.25. The minimum absolute atomic E-state index is 0.0341. The summed E-state index contributed by atoms with van der Waals surface area (Å²) in [4.78, 5) is 17.4. The molecule has 3 aromatic rings. The molecular formula is C18H18N4O. The van der Waals surface area contributed by atoms with Gasteiger partial charge >= 0.3 is 0 Å². The van der Waals surface area contributed by atoms with Gasteiger partial charge in [-0.3, -0.25) is 9.48 Å². The van der Waals surface area contributed by atoms with Crippen molar-refractivity contribution < 1.29 is 4.79 Å². The average Bonchev–Trinajstić information content (AvgIpc) is 3.33. The van der Waals surface area contributed by atoms with Gasteiger partial charge in [0.25, 0.3) is 5.91 Å². The van der Waals surface area contributed by atoms with Crippen molar-refractivity contribution in [2.24, 2.45) is 7.05 Å². The van der Waals surface area contributed by atoms with Crippen LogP contribution >= 0.6 is 0 Å². The number of nitrogens with zero attached hydrogens (tertiary/aromatic N) is 3. The second-order valence-corrected chi connectivity index (χ2v) is 6.08. The van der Waals surface area contributed by atoms with Crippen molar-refractivity contribution >= 4 is 16.9 Å². The first kappa shape index (κ1) is 13.9. The van der Waals surface area contributed by atoms with E-state index in [4.69, 9.17) is 4.98 Å². The van der Waals surface area contributed by atoms with Gasteiger partial charge in [-0.05, 0) is 25.8 Å². The van der Waals surface area contributed by atoms with Gasteiger partial charge in [-0.1, -0.05) is 30.3 Å². The SMILES string of the molecule is Cc1nn(C)c2nc(-c3ccccc3)cc(C(=O)NC3CC3)c12. The Kier molecular flexibility index (Phi) is 3.15. The summed E-state index contributed by atoms with van der Waals surface area (Å²) >= 11 is 0. The van der Waals surface area contributed by atoms with Crippen molar-refractivity contribution in [3.63, 3.8) is 0 Å². The lowest BCUT2D eigenvalue weighted by Gasteiger charge is -2.09. The maximum atomic E-state index is 12.7. The fourth-order valence-electron chi connectivity index (χ4n) is 2.87. The Hall–Kier alpha value is -2.69. The average molecular weight is 306 g/mol. The van der Waals surface area contributed by atoms with E-state index in [9.17, 15) is 4.79 Å². The summed E-state index contributed by atoms with van der Waals surface area (Å²) in [6, 6.07) is 12.1. The molecule has 0 atom stereocenters. The molecule has 0 radical (unpaired) electrons. The van der Waals surface area contributed by atoms with Crippen LogP contribution in [0.3, 0.4) is 0 Å². The Morgan fingerprint density at radius 2 is 2.00 bits per heavy atom. The highest BCUT2D eigenvalue weighted by Crippen LogP contribution is 2.28. The number of fused-ring (bicyclic) bond motifs is 1. The van der Waals surface area contributed by atoms with Gasteiger partial charge in [0.2, 0.25) is 0 Å². The normalized spacial score (nSPS) is 14.2. The first-order valence-electron chi connectivity index (χ1n) is 7.84. The molecule has 1 aliphatic rings. The monoisotopic (exact) mass is 306 g/mol. The number of aromatic nitrogens is 3.